The molecule has 11 heteroatoms. The second-order valence-corrected chi connectivity index (χ2v) is 5.24. The Kier molecular flexibility index (Phi) is 4.25. The highest BCUT2D eigenvalue weighted by Crippen LogP contribution is 2.29. The summed E-state index contributed by atoms with van der Waals surface area (Å²) in [4.78, 5) is 0. The summed E-state index contributed by atoms with van der Waals surface area (Å²) in [6, 6.07) is 0. The number of aliphatic hydroxyl groups is 3. The molecule has 0 radical (unpaired) electrons. The molecular weight excluding hydrogens is 285 g/mol. The minimum atomic E-state index is -5.97. The maximum absolute atomic E-state index is 12.0. The standard InChI is InChI=1S/C7H11F3O7S/c1-2-3(11)4(12)5(13)6(16-2)17-18(14,15)7(8,9)10/h2-6,11-13H,1H3/t2-,3-,4+,5+,6?/m0/s1. The molecule has 1 aliphatic heterocycles. The van der Waals surface area contributed by atoms with Crippen LogP contribution in [0.1, 0.15) is 6.92 Å². The van der Waals surface area contributed by atoms with Crippen molar-refractivity contribution in [1.82, 2.24) is 0 Å². The molecule has 1 heterocycles. The molecule has 1 rings (SSSR count). The first kappa shape index (κ1) is 15.6. The normalized spacial score (nSPS) is 38.7. The van der Waals surface area contributed by atoms with Crippen molar-refractivity contribution in [3.8, 4) is 0 Å². The van der Waals surface area contributed by atoms with Crippen molar-refractivity contribution in [2.75, 3.05) is 0 Å². The predicted molar refractivity (Wildman–Crippen MR) is 48.4 cm³/mol. The molecule has 0 aromatic heterocycles. The van der Waals surface area contributed by atoms with Crippen LogP contribution in [0.3, 0.4) is 0 Å². The summed E-state index contributed by atoms with van der Waals surface area (Å²) in [6.07, 6.45) is -9.05. The zero-order valence-corrected chi connectivity index (χ0v) is 9.72. The fraction of sp³-hybridized carbons (Fsp3) is 1.00. The lowest BCUT2D eigenvalue weighted by atomic mass is 10.0. The molecule has 3 N–H and O–H groups in total. The maximum Gasteiger partial charge on any atom is 0.523 e. The van der Waals surface area contributed by atoms with Gasteiger partial charge in [0.05, 0.1) is 6.10 Å². The molecule has 1 unspecified atom stereocenters. The highest BCUT2D eigenvalue weighted by atomic mass is 32.2. The van der Waals surface area contributed by atoms with Gasteiger partial charge < -0.3 is 20.1 Å². The summed E-state index contributed by atoms with van der Waals surface area (Å²) in [5, 5.41) is 27.7. The van der Waals surface area contributed by atoms with Crippen molar-refractivity contribution in [2.24, 2.45) is 0 Å². The number of alkyl halides is 3. The van der Waals surface area contributed by atoms with E-state index in [1.807, 2.05) is 0 Å². The van der Waals surface area contributed by atoms with Gasteiger partial charge in [-0.3, -0.25) is 0 Å². The van der Waals surface area contributed by atoms with E-state index in [1.165, 1.54) is 0 Å². The van der Waals surface area contributed by atoms with E-state index in [0.717, 1.165) is 6.92 Å². The zero-order valence-electron chi connectivity index (χ0n) is 8.90. The first-order chi connectivity index (χ1) is 7.97. The first-order valence-electron chi connectivity index (χ1n) is 4.66. The molecule has 0 aromatic rings. The molecule has 0 saturated carbocycles. The number of halogens is 3. The molecule has 0 bridgehead atoms. The van der Waals surface area contributed by atoms with Gasteiger partial charge in [-0.25, -0.2) is 4.18 Å². The summed E-state index contributed by atoms with van der Waals surface area (Å²) < 4.78 is 65.6. The average molecular weight is 296 g/mol. The van der Waals surface area contributed by atoms with Gasteiger partial charge in [-0.1, -0.05) is 0 Å². The topological polar surface area (TPSA) is 113 Å². The number of aliphatic hydroxyl groups excluding tert-OH is 3. The van der Waals surface area contributed by atoms with Gasteiger partial charge in [0.15, 0.2) is 0 Å². The van der Waals surface area contributed by atoms with Crippen LogP contribution in [-0.4, -0.2) is 60.0 Å². The molecule has 108 valence electrons. The second-order valence-electron chi connectivity index (χ2n) is 3.68. The Bertz CT molecular complexity index is 394. The highest BCUT2D eigenvalue weighted by Gasteiger charge is 2.52. The van der Waals surface area contributed by atoms with Gasteiger partial charge in [-0.05, 0) is 6.92 Å². The van der Waals surface area contributed by atoms with Gasteiger partial charge in [0.1, 0.15) is 18.3 Å². The van der Waals surface area contributed by atoms with Crippen molar-refractivity contribution in [3.05, 3.63) is 0 Å². The van der Waals surface area contributed by atoms with Crippen molar-refractivity contribution < 1.29 is 45.8 Å². The average Bonchev–Trinajstić information content (AvgIpc) is 2.21. The molecule has 0 aromatic carbocycles. The van der Waals surface area contributed by atoms with Crippen LogP contribution in [0.15, 0.2) is 0 Å². The zero-order chi connectivity index (χ0) is 14.3. The third kappa shape index (κ3) is 2.92. The fourth-order valence-corrected chi connectivity index (χ4v) is 1.79. The molecule has 18 heavy (non-hydrogen) atoms. The summed E-state index contributed by atoms with van der Waals surface area (Å²) in [5.41, 5.74) is -5.68. The lowest BCUT2D eigenvalue weighted by molar-refractivity contribution is -0.269. The van der Waals surface area contributed by atoms with Crippen molar-refractivity contribution >= 4 is 10.1 Å². The molecule has 1 fully saturated rings. The summed E-state index contributed by atoms with van der Waals surface area (Å²) in [5.74, 6) is 0. The van der Waals surface area contributed by atoms with Crippen LogP contribution in [0.25, 0.3) is 0 Å². The van der Waals surface area contributed by atoms with E-state index in [-0.39, 0.29) is 0 Å². The Morgan fingerprint density at radius 3 is 2.06 bits per heavy atom. The smallest absolute Gasteiger partial charge is 0.388 e. The van der Waals surface area contributed by atoms with Crippen LogP contribution >= 0.6 is 0 Å². The molecule has 5 atom stereocenters. The number of rotatable bonds is 2. The van der Waals surface area contributed by atoms with Gasteiger partial charge in [0.2, 0.25) is 6.29 Å². The van der Waals surface area contributed by atoms with Gasteiger partial charge in [-0.2, -0.15) is 21.6 Å². The predicted octanol–water partition coefficient (Wildman–Crippen LogP) is -1.32. The van der Waals surface area contributed by atoms with Gasteiger partial charge in [0, 0.05) is 0 Å². The molecule has 0 aliphatic carbocycles. The van der Waals surface area contributed by atoms with Crippen LogP contribution in [-0.2, 0) is 19.0 Å². The highest BCUT2D eigenvalue weighted by molar-refractivity contribution is 7.87. The monoisotopic (exact) mass is 296 g/mol. The molecule has 1 aliphatic rings. The van der Waals surface area contributed by atoms with Crippen molar-refractivity contribution in [1.29, 1.82) is 0 Å². The SMILES string of the molecule is C[C@@H]1OC(OS(=O)(=O)C(F)(F)F)[C@H](O)[C@H](O)[C@H]1O. The molecule has 7 nitrogen and oxygen atoms in total. The van der Waals surface area contributed by atoms with E-state index in [0.29, 0.717) is 0 Å². The Labute approximate surface area is 99.9 Å². The Balaban J connectivity index is 2.86. The van der Waals surface area contributed by atoms with Crippen LogP contribution in [0.2, 0.25) is 0 Å². The molecule has 1 saturated heterocycles. The van der Waals surface area contributed by atoms with E-state index in [4.69, 9.17) is 0 Å². The quantitative estimate of drug-likeness (QED) is 0.428. The molecule has 0 amide bonds. The minimum absolute atomic E-state index is 1.16. The second kappa shape index (κ2) is 4.90. The summed E-state index contributed by atoms with van der Waals surface area (Å²) >= 11 is 0. The van der Waals surface area contributed by atoms with Crippen LogP contribution < -0.4 is 0 Å². The van der Waals surface area contributed by atoms with Crippen LogP contribution in [0.4, 0.5) is 13.2 Å². The van der Waals surface area contributed by atoms with Crippen LogP contribution in [0.5, 0.6) is 0 Å². The minimum Gasteiger partial charge on any atom is -0.388 e. The lowest BCUT2D eigenvalue weighted by Gasteiger charge is -2.38. The third-order valence-electron chi connectivity index (χ3n) is 2.31. The van der Waals surface area contributed by atoms with E-state index >= 15 is 0 Å². The summed E-state index contributed by atoms with van der Waals surface area (Å²) in [6.45, 7) is 1.16. The van der Waals surface area contributed by atoms with Gasteiger partial charge in [-0.15, -0.1) is 0 Å². The Morgan fingerprint density at radius 1 is 1.11 bits per heavy atom. The first-order valence-corrected chi connectivity index (χ1v) is 6.07. The van der Waals surface area contributed by atoms with Gasteiger partial charge in [0.25, 0.3) is 0 Å². The fourth-order valence-electron chi connectivity index (χ4n) is 1.27. The third-order valence-corrected chi connectivity index (χ3v) is 3.32. The largest absolute Gasteiger partial charge is 0.523 e. The number of ether oxygens (including phenoxy) is 1. The summed E-state index contributed by atoms with van der Waals surface area (Å²) in [7, 11) is -5.97. The van der Waals surface area contributed by atoms with Crippen molar-refractivity contribution in [2.45, 2.75) is 43.1 Å². The van der Waals surface area contributed by atoms with E-state index in [1.54, 1.807) is 0 Å². The van der Waals surface area contributed by atoms with Gasteiger partial charge >= 0.3 is 15.6 Å². The number of hydrogen-bond acceptors (Lipinski definition) is 7. The Morgan fingerprint density at radius 2 is 1.61 bits per heavy atom. The van der Waals surface area contributed by atoms with E-state index < -0.39 is 46.3 Å². The van der Waals surface area contributed by atoms with Crippen LogP contribution in [0, 0.1) is 0 Å². The van der Waals surface area contributed by atoms with Crippen molar-refractivity contribution in [3.63, 3.8) is 0 Å². The van der Waals surface area contributed by atoms with E-state index in [2.05, 4.69) is 8.92 Å². The molecular formula is C7H11F3O7S. The maximum atomic E-state index is 12.0. The molecule has 0 spiro atoms. The number of hydrogen-bond donors (Lipinski definition) is 3. The van der Waals surface area contributed by atoms with E-state index in [9.17, 15) is 36.9 Å². The Hall–Kier alpha value is -0.460. The lowest BCUT2D eigenvalue weighted by Crippen LogP contribution is -2.58.